The molecule has 0 radical (unpaired) electrons. The van der Waals surface area contributed by atoms with Crippen LogP contribution in [-0.2, 0) is 9.47 Å². The highest BCUT2D eigenvalue weighted by atomic mass is 16.8. The molecule has 0 unspecified atom stereocenters. The van der Waals surface area contributed by atoms with Crippen LogP contribution in [0.25, 0.3) is 0 Å². The first-order chi connectivity index (χ1) is 5.94. The van der Waals surface area contributed by atoms with Gasteiger partial charge in [0.1, 0.15) is 5.60 Å². The molecular formula is C10H16O3. The molecule has 1 N–H and O–H groups in total. The van der Waals surface area contributed by atoms with E-state index in [1.165, 1.54) is 0 Å². The molecule has 3 nitrogen and oxygen atoms in total. The van der Waals surface area contributed by atoms with Crippen molar-refractivity contribution in [1.29, 1.82) is 0 Å². The van der Waals surface area contributed by atoms with E-state index in [0.29, 0.717) is 13.0 Å². The minimum absolute atomic E-state index is 0.358. The summed E-state index contributed by atoms with van der Waals surface area (Å²) in [6.45, 7) is 6.35. The minimum atomic E-state index is -0.515. The molecule has 13 heavy (non-hydrogen) atoms. The Kier molecular flexibility index (Phi) is 1.81. The van der Waals surface area contributed by atoms with Crippen LogP contribution in [0.2, 0.25) is 0 Å². The predicted octanol–water partition coefficient (Wildman–Crippen LogP) is 1.22. The first-order valence-electron chi connectivity index (χ1n) is 4.65. The Bertz CT molecular complexity index is 257. The third-order valence-electron chi connectivity index (χ3n) is 2.79. The van der Waals surface area contributed by atoms with Crippen molar-refractivity contribution in [2.75, 3.05) is 6.61 Å². The molecule has 0 aromatic rings. The van der Waals surface area contributed by atoms with E-state index in [1.54, 1.807) is 0 Å². The summed E-state index contributed by atoms with van der Waals surface area (Å²) in [4.78, 5) is 0. The minimum Gasteiger partial charge on any atom is -0.389 e. The molecule has 1 aliphatic carbocycles. The predicted molar refractivity (Wildman–Crippen MR) is 48.2 cm³/mol. The van der Waals surface area contributed by atoms with Crippen molar-refractivity contribution < 1.29 is 14.6 Å². The molecule has 3 heteroatoms. The van der Waals surface area contributed by atoms with E-state index in [4.69, 9.17) is 9.47 Å². The van der Waals surface area contributed by atoms with Crippen molar-refractivity contribution in [2.45, 2.75) is 44.7 Å². The number of rotatable bonds is 0. The van der Waals surface area contributed by atoms with Gasteiger partial charge in [0.2, 0.25) is 0 Å². The topological polar surface area (TPSA) is 38.7 Å². The van der Waals surface area contributed by atoms with Crippen LogP contribution in [0.3, 0.4) is 0 Å². The summed E-state index contributed by atoms with van der Waals surface area (Å²) in [6.07, 6.45) is 2.10. The third kappa shape index (κ3) is 1.41. The molecule has 1 fully saturated rings. The highest BCUT2D eigenvalue weighted by Gasteiger charge is 2.50. The molecule has 2 atom stereocenters. The Labute approximate surface area is 78.3 Å². The van der Waals surface area contributed by atoms with E-state index in [9.17, 15) is 5.11 Å². The summed E-state index contributed by atoms with van der Waals surface area (Å²) in [6, 6.07) is 0. The van der Waals surface area contributed by atoms with E-state index in [2.05, 4.69) is 0 Å². The highest BCUT2D eigenvalue weighted by Crippen LogP contribution is 2.42. The van der Waals surface area contributed by atoms with Gasteiger partial charge in [0, 0.05) is 6.42 Å². The summed E-state index contributed by atoms with van der Waals surface area (Å²) >= 11 is 0. The van der Waals surface area contributed by atoms with Crippen LogP contribution in [0.4, 0.5) is 0 Å². The zero-order chi connectivity index (χ0) is 9.69. The highest BCUT2D eigenvalue weighted by molar-refractivity contribution is 5.25. The van der Waals surface area contributed by atoms with Crippen molar-refractivity contribution in [3.05, 3.63) is 11.6 Å². The van der Waals surface area contributed by atoms with Gasteiger partial charge < -0.3 is 14.6 Å². The number of hydrogen-bond acceptors (Lipinski definition) is 3. The van der Waals surface area contributed by atoms with Gasteiger partial charge in [-0.05, 0) is 26.3 Å². The molecule has 0 amide bonds. The molecule has 2 rings (SSSR count). The zero-order valence-electron chi connectivity index (χ0n) is 8.33. The van der Waals surface area contributed by atoms with Gasteiger partial charge in [-0.25, -0.2) is 0 Å². The fraction of sp³-hybridized carbons (Fsp3) is 0.800. The van der Waals surface area contributed by atoms with Gasteiger partial charge in [0.25, 0.3) is 0 Å². The molecule has 74 valence electrons. The lowest BCUT2D eigenvalue weighted by Gasteiger charge is -2.26. The monoisotopic (exact) mass is 184 g/mol. The maximum atomic E-state index is 9.48. The first-order valence-corrected chi connectivity index (χ1v) is 4.65. The van der Waals surface area contributed by atoms with Gasteiger partial charge in [-0.3, -0.25) is 0 Å². The molecule has 1 saturated heterocycles. The molecule has 0 bridgehead atoms. The molecule has 2 aliphatic rings. The SMILES string of the molecule is CC1=C[C@H](O)C[C@]12COC(C)(C)O2. The van der Waals surface area contributed by atoms with Gasteiger partial charge in [-0.15, -0.1) is 0 Å². The van der Waals surface area contributed by atoms with Gasteiger partial charge in [-0.2, -0.15) is 0 Å². The van der Waals surface area contributed by atoms with Crippen molar-refractivity contribution in [3.63, 3.8) is 0 Å². The standard InChI is InChI=1S/C10H16O3/c1-7-4-8(11)5-10(7)6-12-9(2,3)13-10/h4,8,11H,5-6H2,1-3H3/t8-,10-/m0/s1. The number of ether oxygens (including phenoxy) is 2. The third-order valence-corrected chi connectivity index (χ3v) is 2.79. The Balaban J connectivity index is 2.22. The maximum Gasteiger partial charge on any atom is 0.164 e. The van der Waals surface area contributed by atoms with Gasteiger partial charge in [-0.1, -0.05) is 6.08 Å². The Morgan fingerprint density at radius 2 is 2.23 bits per heavy atom. The molecule has 0 aromatic carbocycles. The Morgan fingerprint density at radius 3 is 2.62 bits per heavy atom. The van der Waals surface area contributed by atoms with Crippen LogP contribution < -0.4 is 0 Å². The average Bonchev–Trinajstić information content (AvgIpc) is 2.38. The van der Waals surface area contributed by atoms with Crippen molar-refractivity contribution in [2.24, 2.45) is 0 Å². The van der Waals surface area contributed by atoms with Crippen molar-refractivity contribution >= 4 is 0 Å². The number of aliphatic hydroxyl groups excluding tert-OH is 1. The van der Waals surface area contributed by atoms with Crippen molar-refractivity contribution in [1.82, 2.24) is 0 Å². The number of aliphatic hydroxyl groups is 1. The summed E-state index contributed by atoms with van der Waals surface area (Å²) < 4.78 is 11.4. The van der Waals surface area contributed by atoms with E-state index < -0.39 is 5.79 Å². The molecular weight excluding hydrogens is 168 g/mol. The molecule has 0 saturated carbocycles. The normalized spacial score (nSPS) is 42.8. The van der Waals surface area contributed by atoms with E-state index in [-0.39, 0.29) is 11.7 Å². The molecule has 1 aliphatic heterocycles. The maximum absolute atomic E-state index is 9.48. The molecule has 0 aromatic heterocycles. The second kappa shape index (κ2) is 2.56. The second-order valence-corrected chi connectivity index (χ2v) is 4.41. The smallest absolute Gasteiger partial charge is 0.164 e. The fourth-order valence-corrected chi connectivity index (χ4v) is 2.11. The van der Waals surface area contributed by atoms with Crippen LogP contribution in [0.15, 0.2) is 11.6 Å². The molecule has 1 spiro atoms. The van der Waals surface area contributed by atoms with E-state index in [0.717, 1.165) is 5.57 Å². The Hall–Kier alpha value is -0.380. The summed E-state index contributed by atoms with van der Waals surface area (Å²) in [5.74, 6) is -0.515. The fourth-order valence-electron chi connectivity index (χ4n) is 2.11. The van der Waals surface area contributed by atoms with E-state index in [1.807, 2.05) is 26.8 Å². The average molecular weight is 184 g/mol. The summed E-state index contributed by atoms with van der Waals surface area (Å²) in [5.41, 5.74) is 0.730. The van der Waals surface area contributed by atoms with Gasteiger partial charge in [0.05, 0.1) is 12.7 Å². The quantitative estimate of drug-likeness (QED) is 0.575. The van der Waals surface area contributed by atoms with Gasteiger partial charge >= 0.3 is 0 Å². The lowest BCUT2D eigenvalue weighted by Crippen LogP contribution is -2.34. The van der Waals surface area contributed by atoms with Crippen LogP contribution in [-0.4, -0.2) is 29.2 Å². The lowest BCUT2D eigenvalue weighted by molar-refractivity contribution is -0.155. The van der Waals surface area contributed by atoms with Crippen LogP contribution in [0.5, 0.6) is 0 Å². The van der Waals surface area contributed by atoms with Crippen LogP contribution in [0.1, 0.15) is 27.2 Å². The Morgan fingerprint density at radius 1 is 1.54 bits per heavy atom. The molecule has 1 heterocycles. The summed E-state index contributed by atoms with van der Waals surface area (Å²) in [5, 5.41) is 9.48. The zero-order valence-corrected chi connectivity index (χ0v) is 8.33. The second-order valence-electron chi connectivity index (χ2n) is 4.41. The van der Waals surface area contributed by atoms with Gasteiger partial charge in [0.15, 0.2) is 5.79 Å². The van der Waals surface area contributed by atoms with Crippen LogP contribution >= 0.6 is 0 Å². The van der Waals surface area contributed by atoms with Crippen LogP contribution in [0, 0.1) is 0 Å². The largest absolute Gasteiger partial charge is 0.389 e. The van der Waals surface area contributed by atoms with E-state index >= 15 is 0 Å². The number of hydrogen-bond donors (Lipinski definition) is 1. The van der Waals surface area contributed by atoms with Crippen molar-refractivity contribution in [3.8, 4) is 0 Å². The lowest BCUT2D eigenvalue weighted by atomic mass is 9.98. The summed E-state index contributed by atoms with van der Waals surface area (Å²) in [7, 11) is 0. The first kappa shape index (κ1) is 9.19.